The van der Waals surface area contributed by atoms with Crippen LogP contribution in [0.4, 0.5) is 13.2 Å². The van der Waals surface area contributed by atoms with Crippen molar-refractivity contribution in [2.24, 2.45) is 4.99 Å². The molecular formula is C23H30F3N5O. The van der Waals surface area contributed by atoms with Crippen molar-refractivity contribution in [2.75, 3.05) is 20.2 Å². The highest BCUT2D eigenvalue weighted by molar-refractivity contribution is 5.79. The van der Waals surface area contributed by atoms with Crippen molar-refractivity contribution in [1.82, 2.24) is 20.5 Å². The fourth-order valence-electron chi connectivity index (χ4n) is 3.77. The quantitative estimate of drug-likeness (QED) is 0.498. The van der Waals surface area contributed by atoms with Crippen molar-refractivity contribution < 1.29 is 17.9 Å². The van der Waals surface area contributed by atoms with Gasteiger partial charge in [-0.1, -0.05) is 30.3 Å². The SMILES string of the molecule is CN=C(NCc1ccnc(OCC(F)(F)F)c1)NC1CCN(Cc2ccccc2)C(C)C1. The molecule has 0 spiro atoms. The van der Waals surface area contributed by atoms with Gasteiger partial charge in [0.15, 0.2) is 12.6 Å². The average Bonchev–Trinajstić information content (AvgIpc) is 2.77. The van der Waals surface area contributed by atoms with E-state index in [0.29, 0.717) is 24.6 Å². The number of guanidine groups is 1. The second kappa shape index (κ2) is 11.2. The number of benzene rings is 1. The standard InChI is InChI=1S/C23H30F3N5O/c1-17-12-20(9-11-31(17)15-18-6-4-3-5-7-18)30-22(27-2)29-14-19-8-10-28-21(13-19)32-16-23(24,25)26/h3-8,10,13,17,20H,9,11-12,14-16H2,1-2H3,(H2,27,29,30). The largest absolute Gasteiger partial charge is 0.468 e. The molecule has 1 aromatic heterocycles. The summed E-state index contributed by atoms with van der Waals surface area (Å²) < 4.78 is 41.7. The summed E-state index contributed by atoms with van der Waals surface area (Å²) >= 11 is 0. The number of alkyl halides is 3. The van der Waals surface area contributed by atoms with E-state index in [4.69, 9.17) is 4.74 Å². The molecule has 6 nitrogen and oxygen atoms in total. The molecule has 1 aliphatic rings. The third kappa shape index (κ3) is 7.71. The molecule has 2 N–H and O–H groups in total. The zero-order chi connectivity index (χ0) is 23.0. The minimum Gasteiger partial charge on any atom is -0.468 e. The number of aromatic nitrogens is 1. The summed E-state index contributed by atoms with van der Waals surface area (Å²) in [6, 6.07) is 14.4. The summed E-state index contributed by atoms with van der Waals surface area (Å²) in [5.41, 5.74) is 2.07. The lowest BCUT2D eigenvalue weighted by Gasteiger charge is -2.38. The van der Waals surface area contributed by atoms with Crippen LogP contribution in [0.15, 0.2) is 53.7 Å². The molecule has 2 heterocycles. The maximum atomic E-state index is 12.3. The molecular weight excluding hydrogens is 419 g/mol. The monoisotopic (exact) mass is 449 g/mol. The summed E-state index contributed by atoms with van der Waals surface area (Å²) in [6.45, 7) is 3.22. The van der Waals surface area contributed by atoms with E-state index in [1.54, 1.807) is 13.1 Å². The van der Waals surface area contributed by atoms with Gasteiger partial charge in [-0.05, 0) is 37.0 Å². The molecule has 1 aromatic carbocycles. The highest BCUT2D eigenvalue weighted by Gasteiger charge is 2.29. The molecule has 174 valence electrons. The van der Waals surface area contributed by atoms with E-state index in [1.807, 2.05) is 6.07 Å². The van der Waals surface area contributed by atoms with Gasteiger partial charge >= 0.3 is 6.18 Å². The number of nitrogens with zero attached hydrogens (tertiary/aromatic N) is 3. The van der Waals surface area contributed by atoms with E-state index in [9.17, 15) is 13.2 Å². The molecule has 0 bridgehead atoms. The lowest BCUT2D eigenvalue weighted by molar-refractivity contribution is -0.154. The zero-order valence-corrected chi connectivity index (χ0v) is 18.4. The third-order valence-corrected chi connectivity index (χ3v) is 5.45. The van der Waals surface area contributed by atoms with Crippen LogP contribution in [0.2, 0.25) is 0 Å². The molecule has 9 heteroatoms. The fourth-order valence-corrected chi connectivity index (χ4v) is 3.77. The lowest BCUT2D eigenvalue weighted by Crippen LogP contribution is -2.51. The maximum Gasteiger partial charge on any atom is 0.422 e. The number of ether oxygens (including phenoxy) is 1. The van der Waals surface area contributed by atoms with Crippen LogP contribution >= 0.6 is 0 Å². The first-order valence-electron chi connectivity index (χ1n) is 10.7. The van der Waals surface area contributed by atoms with Crippen LogP contribution < -0.4 is 15.4 Å². The number of likely N-dealkylation sites (tertiary alicyclic amines) is 1. The third-order valence-electron chi connectivity index (χ3n) is 5.45. The van der Waals surface area contributed by atoms with Gasteiger partial charge in [0, 0.05) is 51.0 Å². The number of pyridine rings is 1. The topological polar surface area (TPSA) is 61.8 Å². The Hall–Kier alpha value is -2.81. The summed E-state index contributed by atoms with van der Waals surface area (Å²) in [6.07, 6.45) is -0.959. The molecule has 0 saturated carbocycles. The molecule has 32 heavy (non-hydrogen) atoms. The Morgan fingerprint density at radius 3 is 2.69 bits per heavy atom. The van der Waals surface area contributed by atoms with Crippen LogP contribution in [0.25, 0.3) is 0 Å². The van der Waals surface area contributed by atoms with Crippen LogP contribution in [-0.4, -0.2) is 54.3 Å². The molecule has 1 fully saturated rings. The Morgan fingerprint density at radius 1 is 1.22 bits per heavy atom. The zero-order valence-electron chi connectivity index (χ0n) is 18.4. The molecule has 0 aliphatic carbocycles. The number of piperidine rings is 1. The van der Waals surface area contributed by atoms with Crippen LogP contribution in [-0.2, 0) is 13.1 Å². The first-order chi connectivity index (χ1) is 15.3. The van der Waals surface area contributed by atoms with Gasteiger partial charge in [0.1, 0.15) is 0 Å². The van der Waals surface area contributed by atoms with E-state index in [2.05, 4.69) is 56.7 Å². The second-order valence-electron chi connectivity index (χ2n) is 8.00. The molecule has 1 saturated heterocycles. The van der Waals surface area contributed by atoms with Crippen molar-refractivity contribution in [3.63, 3.8) is 0 Å². The van der Waals surface area contributed by atoms with Crippen LogP contribution in [0.3, 0.4) is 0 Å². The predicted molar refractivity (Wildman–Crippen MR) is 118 cm³/mol. The Balaban J connectivity index is 1.46. The van der Waals surface area contributed by atoms with Crippen molar-refractivity contribution >= 4 is 5.96 Å². The number of halogens is 3. The van der Waals surface area contributed by atoms with Gasteiger partial charge in [0.2, 0.25) is 5.88 Å². The first-order valence-corrected chi connectivity index (χ1v) is 10.7. The number of hydrogen-bond donors (Lipinski definition) is 2. The van der Waals surface area contributed by atoms with Crippen molar-refractivity contribution in [3.8, 4) is 5.88 Å². The van der Waals surface area contributed by atoms with Gasteiger partial charge in [-0.2, -0.15) is 13.2 Å². The Morgan fingerprint density at radius 2 is 2.00 bits per heavy atom. The van der Waals surface area contributed by atoms with Crippen LogP contribution in [0.5, 0.6) is 5.88 Å². The fraction of sp³-hybridized carbons (Fsp3) is 0.478. The summed E-state index contributed by atoms with van der Waals surface area (Å²) in [5.74, 6) is 0.609. The first kappa shape index (κ1) is 23.8. The number of rotatable bonds is 7. The highest BCUT2D eigenvalue weighted by atomic mass is 19.4. The molecule has 0 radical (unpaired) electrons. The van der Waals surface area contributed by atoms with Crippen LogP contribution in [0.1, 0.15) is 30.9 Å². The Kier molecular flexibility index (Phi) is 8.33. The van der Waals surface area contributed by atoms with Crippen molar-refractivity contribution in [1.29, 1.82) is 0 Å². The van der Waals surface area contributed by atoms with Crippen molar-refractivity contribution in [3.05, 3.63) is 59.8 Å². The van der Waals surface area contributed by atoms with Gasteiger partial charge < -0.3 is 15.4 Å². The van der Waals surface area contributed by atoms with E-state index in [-0.39, 0.29) is 5.88 Å². The molecule has 2 aromatic rings. The number of hydrogen-bond acceptors (Lipinski definition) is 4. The molecule has 3 rings (SSSR count). The van der Waals surface area contributed by atoms with Gasteiger partial charge in [-0.15, -0.1) is 0 Å². The van der Waals surface area contributed by atoms with Crippen molar-refractivity contribution in [2.45, 2.75) is 51.1 Å². The second-order valence-corrected chi connectivity index (χ2v) is 8.00. The Bertz CT molecular complexity index is 875. The van der Waals surface area contributed by atoms with E-state index in [0.717, 1.165) is 31.5 Å². The number of aliphatic imine (C=N–C) groups is 1. The summed E-state index contributed by atoms with van der Waals surface area (Å²) in [7, 11) is 1.70. The van der Waals surface area contributed by atoms with Gasteiger partial charge in [0.25, 0.3) is 0 Å². The minimum atomic E-state index is -4.39. The molecule has 2 atom stereocenters. The normalized spacial score (nSPS) is 20.1. The highest BCUT2D eigenvalue weighted by Crippen LogP contribution is 2.20. The minimum absolute atomic E-state index is 0.0517. The predicted octanol–water partition coefficient (Wildman–Crippen LogP) is 3.74. The van der Waals surface area contributed by atoms with E-state index < -0.39 is 12.8 Å². The van der Waals surface area contributed by atoms with Gasteiger partial charge in [-0.25, -0.2) is 4.98 Å². The van der Waals surface area contributed by atoms with Gasteiger partial charge in [0.05, 0.1) is 0 Å². The molecule has 1 aliphatic heterocycles. The Labute approximate surface area is 186 Å². The van der Waals surface area contributed by atoms with E-state index >= 15 is 0 Å². The summed E-state index contributed by atoms with van der Waals surface area (Å²) in [4.78, 5) is 10.6. The average molecular weight is 450 g/mol. The number of nitrogens with one attached hydrogen (secondary N) is 2. The molecule has 0 amide bonds. The molecule has 2 unspecified atom stereocenters. The maximum absolute atomic E-state index is 12.3. The smallest absolute Gasteiger partial charge is 0.422 e. The van der Waals surface area contributed by atoms with Crippen LogP contribution in [0, 0.1) is 0 Å². The lowest BCUT2D eigenvalue weighted by atomic mass is 9.97. The summed E-state index contributed by atoms with van der Waals surface area (Å²) in [5, 5.41) is 6.69. The van der Waals surface area contributed by atoms with E-state index in [1.165, 1.54) is 17.8 Å². The van der Waals surface area contributed by atoms with Gasteiger partial charge in [-0.3, -0.25) is 9.89 Å².